The summed E-state index contributed by atoms with van der Waals surface area (Å²) in [6.07, 6.45) is -0.253. The number of imidazole rings is 1. The van der Waals surface area contributed by atoms with Gasteiger partial charge in [-0.3, -0.25) is 0 Å². The Kier molecular flexibility index (Phi) is 2.32. The molecule has 0 saturated heterocycles. The van der Waals surface area contributed by atoms with Gasteiger partial charge in [0, 0.05) is 0 Å². The SMILES string of the molecule is Nc1cccc2[nH]c(C3COc4ccccc4O3)nc12. The van der Waals surface area contributed by atoms with E-state index in [2.05, 4.69) is 9.97 Å². The van der Waals surface area contributed by atoms with Crippen molar-refractivity contribution < 1.29 is 9.47 Å². The van der Waals surface area contributed by atoms with E-state index in [0.717, 1.165) is 28.4 Å². The summed E-state index contributed by atoms with van der Waals surface area (Å²) in [5.41, 5.74) is 8.25. The summed E-state index contributed by atoms with van der Waals surface area (Å²) in [6, 6.07) is 13.3. The third kappa shape index (κ3) is 1.67. The molecule has 2 heterocycles. The summed E-state index contributed by atoms with van der Waals surface area (Å²) in [6.45, 7) is 0.427. The lowest BCUT2D eigenvalue weighted by molar-refractivity contribution is 0.0859. The molecule has 3 aromatic rings. The molecule has 0 amide bonds. The molecule has 1 aliphatic heterocycles. The number of nitrogen functional groups attached to an aromatic ring is 1. The Morgan fingerprint density at radius 3 is 2.80 bits per heavy atom. The van der Waals surface area contributed by atoms with Gasteiger partial charge in [0.15, 0.2) is 23.4 Å². The smallest absolute Gasteiger partial charge is 0.190 e. The highest BCUT2D eigenvalue weighted by Crippen LogP contribution is 2.35. The number of aromatic nitrogens is 2. The van der Waals surface area contributed by atoms with Gasteiger partial charge in [-0.1, -0.05) is 18.2 Å². The Balaban J connectivity index is 1.72. The molecule has 1 aromatic heterocycles. The van der Waals surface area contributed by atoms with Crippen molar-refractivity contribution in [3.63, 3.8) is 0 Å². The van der Waals surface area contributed by atoms with E-state index in [9.17, 15) is 0 Å². The number of H-pyrrole nitrogens is 1. The van der Waals surface area contributed by atoms with Gasteiger partial charge in [-0.25, -0.2) is 4.98 Å². The molecule has 0 aliphatic carbocycles. The minimum Gasteiger partial charge on any atom is -0.485 e. The van der Waals surface area contributed by atoms with Gasteiger partial charge in [-0.2, -0.15) is 0 Å². The molecular weight excluding hydrogens is 254 g/mol. The number of benzene rings is 2. The minimum absolute atomic E-state index is 0.253. The van der Waals surface area contributed by atoms with Gasteiger partial charge in [0.2, 0.25) is 0 Å². The Morgan fingerprint density at radius 2 is 1.95 bits per heavy atom. The van der Waals surface area contributed by atoms with Gasteiger partial charge in [-0.05, 0) is 24.3 Å². The van der Waals surface area contributed by atoms with E-state index in [1.54, 1.807) is 0 Å². The molecule has 5 heteroatoms. The first-order valence-electron chi connectivity index (χ1n) is 6.44. The Bertz CT molecular complexity index is 782. The van der Waals surface area contributed by atoms with Crippen LogP contribution < -0.4 is 15.2 Å². The van der Waals surface area contributed by atoms with Crippen LogP contribution in [0, 0.1) is 0 Å². The van der Waals surface area contributed by atoms with Gasteiger partial charge in [0.1, 0.15) is 12.1 Å². The number of hydrogen-bond donors (Lipinski definition) is 2. The second-order valence-corrected chi connectivity index (χ2v) is 4.73. The normalized spacial score (nSPS) is 17.3. The van der Waals surface area contributed by atoms with Crippen LogP contribution in [0.2, 0.25) is 0 Å². The number of fused-ring (bicyclic) bond motifs is 2. The molecule has 1 atom stereocenters. The van der Waals surface area contributed by atoms with Crippen LogP contribution in [-0.2, 0) is 0 Å². The quantitative estimate of drug-likeness (QED) is 0.665. The Labute approximate surface area is 115 Å². The fourth-order valence-corrected chi connectivity index (χ4v) is 2.38. The zero-order valence-corrected chi connectivity index (χ0v) is 10.7. The van der Waals surface area contributed by atoms with Crippen molar-refractivity contribution in [2.45, 2.75) is 6.10 Å². The second-order valence-electron chi connectivity index (χ2n) is 4.73. The van der Waals surface area contributed by atoms with E-state index < -0.39 is 0 Å². The monoisotopic (exact) mass is 267 g/mol. The Hall–Kier alpha value is -2.69. The molecule has 1 aliphatic rings. The molecule has 0 fully saturated rings. The van der Waals surface area contributed by atoms with Crippen molar-refractivity contribution in [2.75, 3.05) is 12.3 Å². The minimum atomic E-state index is -0.253. The first-order valence-corrected chi connectivity index (χ1v) is 6.44. The van der Waals surface area contributed by atoms with Crippen LogP contribution in [0.5, 0.6) is 11.5 Å². The van der Waals surface area contributed by atoms with Crippen molar-refractivity contribution in [3.05, 3.63) is 48.3 Å². The maximum absolute atomic E-state index is 5.93. The summed E-state index contributed by atoms with van der Waals surface area (Å²) < 4.78 is 11.6. The number of ether oxygens (including phenoxy) is 2. The Morgan fingerprint density at radius 1 is 1.10 bits per heavy atom. The standard InChI is InChI=1S/C15H13N3O2/c16-9-4-3-5-10-14(9)18-15(17-10)13-8-19-11-6-1-2-7-12(11)20-13/h1-7,13H,8,16H2,(H,17,18). The van der Waals surface area contributed by atoms with Gasteiger partial charge in [0.25, 0.3) is 0 Å². The fraction of sp³-hybridized carbons (Fsp3) is 0.133. The van der Waals surface area contributed by atoms with E-state index in [1.165, 1.54) is 0 Å². The summed E-state index contributed by atoms with van der Waals surface area (Å²) in [7, 11) is 0. The summed E-state index contributed by atoms with van der Waals surface area (Å²) in [4.78, 5) is 7.76. The summed E-state index contributed by atoms with van der Waals surface area (Å²) >= 11 is 0. The number of nitrogens with zero attached hydrogens (tertiary/aromatic N) is 1. The highest BCUT2D eigenvalue weighted by Gasteiger charge is 2.25. The van der Waals surface area contributed by atoms with Crippen LogP contribution in [0.1, 0.15) is 11.9 Å². The molecular formula is C15H13N3O2. The number of anilines is 1. The van der Waals surface area contributed by atoms with Gasteiger partial charge >= 0.3 is 0 Å². The predicted octanol–water partition coefficient (Wildman–Crippen LogP) is 2.66. The largest absolute Gasteiger partial charge is 0.485 e. The lowest BCUT2D eigenvalue weighted by Crippen LogP contribution is -2.22. The summed E-state index contributed by atoms with van der Waals surface area (Å²) in [5, 5.41) is 0. The van der Waals surface area contributed by atoms with E-state index in [-0.39, 0.29) is 6.10 Å². The number of nitrogens with one attached hydrogen (secondary N) is 1. The van der Waals surface area contributed by atoms with Crippen molar-refractivity contribution in [1.29, 1.82) is 0 Å². The average Bonchev–Trinajstić information content (AvgIpc) is 2.92. The van der Waals surface area contributed by atoms with Crippen LogP contribution in [-0.4, -0.2) is 16.6 Å². The number of hydrogen-bond acceptors (Lipinski definition) is 4. The van der Waals surface area contributed by atoms with Crippen LogP contribution in [0.3, 0.4) is 0 Å². The highest BCUT2D eigenvalue weighted by atomic mass is 16.6. The zero-order valence-electron chi connectivity index (χ0n) is 10.7. The molecule has 4 rings (SSSR count). The van der Waals surface area contributed by atoms with E-state index >= 15 is 0 Å². The third-order valence-electron chi connectivity index (χ3n) is 3.38. The van der Waals surface area contributed by atoms with Crippen LogP contribution >= 0.6 is 0 Å². The first kappa shape index (κ1) is 11.2. The molecule has 20 heavy (non-hydrogen) atoms. The molecule has 0 saturated carbocycles. The predicted molar refractivity (Wildman–Crippen MR) is 75.8 cm³/mol. The molecule has 2 aromatic carbocycles. The molecule has 1 unspecified atom stereocenters. The molecule has 5 nitrogen and oxygen atoms in total. The average molecular weight is 267 g/mol. The van der Waals surface area contributed by atoms with Crippen LogP contribution in [0.4, 0.5) is 5.69 Å². The number of nitrogens with two attached hydrogens (primary N) is 1. The highest BCUT2D eigenvalue weighted by molar-refractivity contribution is 5.86. The van der Waals surface area contributed by atoms with Gasteiger partial charge in [0.05, 0.1) is 11.2 Å². The van der Waals surface area contributed by atoms with Crippen LogP contribution in [0.15, 0.2) is 42.5 Å². The second kappa shape index (κ2) is 4.16. The number of para-hydroxylation sites is 3. The van der Waals surface area contributed by atoms with E-state index in [0.29, 0.717) is 12.3 Å². The van der Waals surface area contributed by atoms with Crippen molar-refractivity contribution in [1.82, 2.24) is 9.97 Å². The molecule has 0 radical (unpaired) electrons. The fourth-order valence-electron chi connectivity index (χ4n) is 2.38. The first-order chi connectivity index (χ1) is 9.81. The van der Waals surface area contributed by atoms with Crippen LogP contribution in [0.25, 0.3) is 11.0 Å². The van der Waals surface area contributed by atoms with E-state index in [4.69, 9.17) is 15.2 Å². The lowest BCUT2D eigenvalue weighted by Gasteiger charge is -2.24. The van der Waals surface area contributed by atoms with E-state index in [1.807, 2.05) is 42.5 Å². The lowest BCUT2D eigenvalue weighted by atomic mass is 10.2. The maximum Gasteiger partial charge on any atom is 0.190 e. The van der Waals surface area contributed by atoms with Gasteiger partial charge in [-0.15, -0.1) is 0 Å². The van der Waals surface area contributed by atoms with Gasteiger partial charge < -0.3 is 20.2 Å². The zero-order chi connectivity index (χ0) is 13.5. The summed E-state index contributed by atoms with van der Waals surface area (Å²) in [5.74, 6) is 2.23. The van der Waals surface area contributed by atoms with Crippen molar-refractivity contribution >= 4 is 16.7 Å². The molecule has 100 valence electrons. The van der Waals surface area contributed by atoms with Crippen molar-refractivity contribution in [3.8, 4) is 11.5 Å². The topological polar surface area (TPSA) is 73.2 Å². The third-order valence-corrected chi connectivity index (χ3v) is 3.38. The maximum atomic E-state index is 5.93. The molecule has 3 N–H and O–H groups in total. The molecule has 0 spiro atoms. The molecule has 0 bridgehead atoms. The van der Waals surface area contributed by atoms with Crippen molar-refractivity contribution in [2.24, 2.45) is 0 Å². The number of rotatable bonds is 1. The number of aromatic amines is 1.